The molecule has 0 aliphatic heterocycles. The largest absolute Gasteiger partial charge is 0.393 e. The summed E-state index contributed by atoms with van der Waals surface area (Å²) in [5.74, 6) is 0.143. The Morgan fingerprint density at radius 2 is 2.06 bits per heavy atom. The molecule has 172 valence electrons. The molecule has 0 aromatic heterocycles. The van der Waals surface area contributed by atoms with Gasteiger partial charge in [-0.1, -0.05) is 32.4 Å². The minimum atomic E-state index is -1.14. The van der Waals surface area contributed by atoms with E-state index in [1.807, 2.05) is 13.0 Å². The van der Waals surface area contributed by atoms with Gasteiger partial charge in [0.1, 0.15) is 19.0 Å². The maximum atomic E-state index is 13.1. The molecule has 0 radical (unpaired) electrons. The van der Waals surface area contributed by atoms with Gasteiger partial charge in [0.25, 0.3) is 0 Å². The number of allylic oxidation sites excluding steroid dienone is 4. The highest BCUT2D eigenvalue weighted by atomic mass is 16.7. The Labute approximate surface area is 184 Å². The molecule has 0 aromatic rings. The molecular weight excluding hydrogens is 396 g/mol. The van der Waals surface area contributed by atoms with Crippen LogP contribution < -0.4 is 0 Å². The number of carbonyl (C=O) groups excluding carboxylic acids is 2. The summed E-state index contributed by atoms with van der Waals surface area (Å²) in [7, 11) is 0. The van der Waals surface area contributed by atoms with Crippen molar-refractivity contribution in [2.75, 3.05) is 20.0 Å². The molecule has 4 rings (SSSR count). The molecule has 6 nitrogen and oxygen atoms in total. The van der Waals surface area contributed by atoms with Crippen LogP contribution in [0.3, 0.4) is 0 Å². The van der Waals surface area contributed by atoms with Gasteiger partial charge in [-0.2, -0.15) is 0 Å². The molecule has 2 N–H and O–H groups in total. The molecule has 7 atom stereocenters. The predicted octanol–water partition coefficient (Wildman–Crippen LogP) is 2.97. The first-order valence-corrected chi connectivity index (χ1v) is 11.7. The van der Waals surface area contributed by atoms with Gasteiger partial charge in [0.2, 0.25) is 0 Å². The zero-order chi connectivity index (χ0) is 22.4. The van der Waals surface area contributed by atoms with Crippen LogP contribution in [0.2, 0.25) is 0 Å². The summed E-state index contributed by atoms with van der Waals surface area (Å²) in [6, 6.07) is 0. The summed E-state index contributed by atoms with van der Waals surface area (Å²) in [6.45, 7) is 6.21. The molecule has 4 aliphatic rings. The van der Waals surface area contributed by atoms with Gasteiger partial charge >= 0.3 is 0 Å². The summed E-state index contributed by atoms with van der Waals surface area (Å²) in [5, 5.41) is 21.3. The molecular formula is C25H36O6. The summed E-state index contributed by atoms with van der Waals surface area (Å²) >= 11 is 0. The fourth-order valence-corrected chi connectivity index (χ4v) is 7.56. The van der Waals surface area contributed by atoms with Crippen LogP contribution in [0.15, 0.2) is 23.8 Å². The van der Waals surface area contributed by atoms with Crippen molar-refractivity contribution in [1.29, 1.82) is 0 Å². The molecule has 0 saturated heterocycles. The Balaban J connectivity index is 1.68. The number of Topliss-reactive ketones (excluding diaryl/α,β-unsaturated/α-hetero) is 1. The monoisotopic (exact) mass is 432 g/mol. The van der Waals surface area contributed by atoms with E-state index in [9.17, 15) is 19.8 Å². The van der Waals surface area contributed by atoms with Crippen molar-refractivity contribution in [1.82, 2.24) is 0 Å². The zero-order valence-electron chi connectivity index (χ0n) is 18.9. The first kappa shape index (κ1) is 22.8. The van der Waals surface area contributed by atoms with E-state index < -0.39 is 23.7 Å². The number of fused-ring (bicyclic) bond motifs is 5. The quantitative estimate of drug-likeness (QED) is 0.475. The Morgan fingerprint density at radius 1 is 1.29 bits per heavy atom. The Bertz CT molecular complexity index is 802. The predicted molar refractivity (Wildman–Crippen MR) is 115 cm³/mol. The second-order valence-electron chi connectivity index (χ2n) is 10.3. The second kappa shape index (κ2) is 8.22. The van der Waals surface area contributed by atoms with Crippen LogP contribution in [-0.4, -0.2) is 53.5 Å². The van der Waals surface area contributed by atoms with Crippen LogP contribution in [0.1, 0.15) is 59.3 Å². The third-order valence-corrected chi connectivity index (χ3v) is 8.95. The van der Waals surface area contributed by atoms with E-state index in [4.69, 9.17) is 9.47 Å². The maximum Gasteiger partial charge on any atom is 0.190 e. The van der Waals surface area contributed by atoms with E-state index in [-0.39, 0.29) is 41.5 Å². The van der Waals surface area contributed by atoms with Crippen LogP contribution in [-0.2, 0) is 19.1 Å². The molecule has 4 aliphatic carbocycles. The average Bonchev–Trinajstić information content (AvgIpc) is 3.03. The molecule has 0 bridgehead atoms. The van der Waals surface area contributed by atoms with Crippen LogP contribution in [0.4, 0.5) is 0 Å². The highest BCUT2D eigenvalue weighted by molar-refractivity contribution is 6.01. The molecule has 0 spiro atoms. The minimum absolute atomic E-state index is 0.00583. The van der Waals surface area contributed by atoms with Gasteiger partial charge in [-0.05, 0) is 62.5 Å². The molecule has 0 amide bonds. The second-order valence-corrected chi connectivity index (χ2v) is 10.3. The van der Waals surface area contributed by atoms with Gasteiger partial charge in [-0.25, -0.2) is 0 Å². The standard InChI is InChI=1S/C25H36O6/c1-4-11-30-15-31-25(21(29)14-26)10-8-19-18-6-5-16-12-17(27)7-9-23(16,2)22(18)20(28)13-24(19,25)3/h7,9,12,18-20,22,26,28H,4-6,8,10-11,13-15H2,1-3H3/t18-,19-,20?,22+,23-,24-,25-/m0/s1. The molecule has 31 heavy (non-hydrogen) atoms. The molecule has 6 heteroatoms. The zero-order valence-corrected chi connectivity index (χ0v) is 18.9. The van der Waals surface area contributed by atoms with Crippen molar-refractivity contribution in [3.8, 4) is 0 Å². The smallest absolute Gasteiger partial charge is 0.190 e. The van der Waals surface area contributed by atoms with Crippen molar-refractivity contribution in [3.05, 3.63) is 23.8 Å². The third kappa shape index (κ3) is 3.29. The fraction of sp³-hybridized carbons (Fsp3) is 0.760. The first-order chi connectivity index (χ1) is 14.7. The van der Waals surface area contributed by atoms with Gasteiger partial charge in [0.05, 0.1) is 6.10 Å². The maximum absolute atomic E-state index is 13.1. The highest BCUT2D eigenvalue weighted by Gasteiger charge is 2.69. The lowest BCUT2D eigenvalue weighted by Gasteiger charge is -2.60. The lowest BCUT2D eigenvalue weighted by molar-refractivity contribution is -0.217. The highest BCUT2D eigenvalue weighted by Crippen LogP contribution is 2.67. The van der Waals surface area contributed by atoms with Gasteiger partial charge in [0.15, 0.2) is 11.6 Å². The number of aliphatic hydroxyl groups excluding tert-OH is 2. The normalized spacial score (nSPS) is 43.8. The Hall–Kier alpha value is -1.34. The van der Waals surface area contributed by atoms with Crippen molar-refractivity contribution in [2.24, 2.45) is 28.6 Å². The topological polar surface area (TPSA) is 93.1 Å². The third-order valence-electron chi connectivity index (χ3n) is 8.95. The van der Waals surface area contributed by atoms with Gasteiger partial charge < -0.3 is 19.7 Å². The van der Waals surface area contributed by atoms with Crippen molar-refractivity contribution >= 4 is 11.6 Å². The number of ether oxygens (including phenoxy) is 2. The van der Waals surface area contributed by atoms with Gasteiger partial charge in [-0.15, -0.1) is 0 Å². The van der Waals surface area contributed by atoms with E-state index in [0.29, 0.717) is 19.4 Å². The first-order valence-electron chi connectivity index (χ1n) is 11.7. The number of rotatable bonds is 7. The van der Waals surface area contributed by atoms with Crippen molar-refractivity contribution in [2.45, 2.75) is 71.0 Å². The fourth-order valence-electron chi connectivity index (χ4n) is 7.56. The average molecular weight is 433 g/mol. The lowest BCUT2D eigenvalue weighted by atomic mass is 9.46. The van der Waals surface area contributed by atoms with Crippen molar-refractivity contribution in [3.63, 3.8) is 0 Å². The molecule has 3 saturated carbocycles. The van der Waals surface area contributed by atoms with E-state index in [2.05, 4.69) is 13.8 Å². The van der Waals surface area contributed by atoms with Crippen LogP contribution in [0.5, 0.6) is 0 Å². The van der Waals surface area contributed by atoms with Gasteiger partial charge in [0, 0.05) is 23.4 Å². The van der Waals surface area contributed by atoms with E-state index in [1.165, 1.54) is 0 Å². The number of hydrogen-bond donors (Lipinski definition) is 2. The molecule has 1 unspecified atom stereocenters. The molecule has 0 heterocycles. The summed E-state index contributed by atoms with van der Waals surface area (Å²) in [4.78, 5) is 25.0. The summed E-state index contributed by atoms with van der Waals surface area (Å²) in [5.41, 5.74) is -0.936. The lowest BCUT2D eigenvalue weighted by Crippen LogP contribution is -2.62. The van der Waals surface area contributed by atoms with E-state index in [0.717, 1.165) is 31.3 Å². The minimum Gasteiger partial charge on any atom is -0.393 e. The molecule has 3 fully saturated rings. The number of hydrogen-bond acceptors (Lipinski definition) is 6. The van der Waals surface area contributed by atoms with E-state index in [1.54, 1.807) is 12.2 Å². The number of aliphatic hydroxyl groups is 2. The Morgan fingerprint density at radius 3 is 2.77 bits per heavy atom. The van der Waals surface area contributed by atoms with Crippen molar-refractivity contribution < 1.29 is 29.3 Å². The van der Waals surface area contributed by atoms with E-state index >= 15 is 0 Å². The summed E-state index contributed by atoms with van der Waals surface area (Å²) in [6.07, 6.45) is 9.11. The van der Waals surface area contributed by atoms with Crippen LogP contribution >= 0.6 is 0 Å². The summed E-state index contributed by atoms with van der Waals surface area (Å²) < 4.78 is 11.7. The SMILES string of the molecule is CCCOCO[C@]1(C(=O)CO)CC[C@H]2[C@@H]3CCC4=CC(=O)C=C[C@]4(C)[C@H]3C(O)C[C@@]21C. The van der Waals surface area contributed by atoms with Crippen LogP contribution in [0.25, 0.3) is 0 Å². The van der Waals surface area contributed by atoms with Crippen LogP contribution in [0, 0.1) is 28.6 Å². The molecule has 0 aromatic carbocycles. The number of ketones is 2. The Kier molecular flexibility index (Phi) is 6.05. The van der Waals surface area contributed by atoms with Gasteiger partial charge in [-0.3, -0.25) is 9.59 Å². The number of carbonyl (C=O) groups is 2.